The van der Waals surface area contributed by atoms with Gasteiger partial charge in [-0.15, -0.1) is 0 Å². The molecule has 0 aliphatic heterocycles. The van der Waals surface area contributed by atoms with E-state index in [0.717, 1.165) is 24.5 Å². The quantitative estimate of drug-likeness (QED) is 0.400. The minimum absolute atomic E-state index is 0.183. The molecule has 1 N–H and O–H groups in total. The summed E-state index contributed by atoms with van der Waals surface area (Å²) in [5, 5.41) is 3.69. The molecule has 0 saturated heterocycles. The molecule has 0 radical (unpaired) electrons. The molecule has 0 spiro atoms. The summed E-state index contributed by atoms with van der Waals surface area (Å²) in [5.41, 5.74) is 5.22. The van der Waals surface area contributed by atoms with Gasteiger partial charge in [0.05, 0.1) is 13.2 Å². The lowest BCUT2D eigenvalue weighted by atomic mass is 9.88. The molecule has 0 saturated carbocycles. The topological polar surface area (TPSA) is 30.5 Å². The number of benzene rings is 3. The maximum absolute atomic E-state index is 5.83. The van der Waals surface area contributed by atoms with Crippen molar-refractivity contribution in [1.29, 1.82) is 0 Å². The van der Waals surface area contributed by atoms with Crippen LogP contribution in [0.3, 0.4) is 0 Å². The summed E-state index contributed by atoms with van der Waals surface area (Å²) in [5.74, 6) is 2.15. The first-order valence-electron chi connectivity index (χ1n) is 11.2. The zero-order chi connectivity index (χ0) is 22.2. The van der Waals surface area contributed by atoms with Gasteiger partial charge in [-0.1, -0.05) is 54.1 Å². The number of ether oxygens (including phenoxy) is 2. The molecule has 31 heavy (non-hydrogen) atoms. The highest BCUT2D eigenvalue weighted by atomic mass is 16.5. The Labute approximate surface area is 187 Å². The first kappa shape index (κ1) is 22.9. The molecule has 3 aromatic carbocycles. The molecule has 0 unspecified atom stereocenters. The van der Waals surface area contributed by atoms with Crippen molar-refractivity contribution in [2.75, 3.05) is 13.7 Å². The second-order valence-corrected chi connectivity index (χ2v) is 8.44. The van der Waals surface area contributed by atoms with Crippen LogP contribution in [0.15, 0.2) is 72.8 Å². The Kier molecular flexibility index (Phi) is 8.13. The largest absolute Gasteiger partial charge is 0.497 e. The van der Waals surface area contributed by atoms with E-state index in [4.69, 9.17) is 9.47 Å². The predicted molar refractivity (Wildman–Crippen MR) is 129 cm³/mol. The molecule has 3 rings (SSSR count). The van der Waals surface area contributed by atoms with E-state index in [1.807, 2.05) is 12.1 Å². The van der Waals surface area contributed by atoms with Crippen molar-refractivity contribution in [2.24, 2.45) is 0 Å². The number of hydrogen-bond donors (Lipinski definition) is 1. The van der Waals surface area contributed by atoms with Crippen LogP contribution in [0.5, 0.6) is 11.5 Å². The first-order chi connectivity index (χ1) is 15.0. The van der Waals surface area contributed by atoms with Crippen molar-refractivity contribution in [3.8, 4) is 11.5 Å². The standard InChI is InChI=1S/C28H35NO2/c1-20(2)31-27-16-12-25(13-17-27)28(24-8-6-21(3)7-9-24)18-19-29-22(4)23-10-14-26(30-5)15-11-23/h6-17,20,22,28-29H,18-19H2,1-5H3/t22-,28-/m1/s1. The van der Waals surface area contributed by atoms with Crippen molar-refractivity contribution in [2.45, 2.75) is 52.2 Å². The normalized spacial score (nSPS) is 13.1. The van der Waals surface area contributed by atoms with Crippen LogP contribution in [-0.4, -0.2) is 19.8 Å². The van der Waals surface area contributed by atoms with E-state index in [-0.39, 0.29) is 12.1 Å². The zero-order valence-electron chi connectivity index (χ0n) is 19.4. The molecule has 3 heteroatoms. The second kappa shape index (κ2) is 11.0. The molecule has 0 fully saturated rings. The first-order valence-corrected chi connectivity index (χ1v) is 11.2. The van der Waals surface area contributed by atoms with Crippen molar-refractivity contribution in [1.82, 2.24) is 5.32 Å². The molecule has 3 aromatic rings. The van der Waals surface area contributed by atoms with E-state index in [2.05, 4.69) is 93.7 Å². The average molecular weight is 418 g/mol. The van der Waals surface area contributed by atoms with Crippen LogP contribution >= 0.6 is 0 Å². The average Bonchev–Trinajstić information content (AvgIpc) is 2.78. The highest BCUT2D eigenvalue weighted by molar-refractivity contribution is 5.37. The number of aryl methyl sites for hydroxylation is 1. The molecular weight excluding hydrogens is 382 g/mol. The summed E-state index contributed by atoms with van der Waals surface area (Å²) in [6.45, 7) is 9.38. The van der Waals surface area contributed by atoms with E-state index in [0.29, 0.717) is 5.92 Å². The van der Waals surface area contributed by atoms with Crippen molar-refractivity contribution in [3.63, 3.8) is 0 Å². The van der Waals surface area contributed by atoms with Gasteiger partial charge in [-0.3, -0.25) is 0 Å². The van der Waals surface area contributed by atoms with Crippen LogP contribution in [0.4, 0.5) is 0 Å². The highest BCUT2D eigenvalue weighted by Crippen LogP contribution is 2.30. The van der Waals surface area contributed by atoms with Crippen LogP contribution in [0.1, 0.15) is 61.4 Å². The third kappa shape index (κ3) is 6.60. The van der Waals surface area contributed by atoms with E-state index in [1.165, 1.54) is 22.3 Å². The molecule has 0 bridgehead atoms. The molecule has 0 aliphatic carbocycles. The number of nitrogens with one attached hydrogen (secondary N) is 1. The van der Waals surface area contributed by atoms with Crippen LogP contribution in [0.2, 0.25) is 0 Å². The summed E-state index contributed by atoms with van der Waals surface area (Å²) < 4.78 is 11.1. The Morgan fingerprint density at radius 2 is 1.23 bits per heavy atom. The van der Waals surface area contributed by atoms with Gasteiger partial charge in [0.15, 0.2) is 0 Å². The van der Waals surface area contributed by atoms with E-state index in [1.54, 1.807) is 7.11 Å². The SMILES string of the molecule is COc1ccc([C@@H](C)NCC[C@H](c2ccc(C)cc2)c2ccc(OC(C)C)cc2)cc1. The number of hydrogen-bond acceptors (Lipinski definition) is 3. The van der Waals surface area contributed by atoms with Crippen molar-refractivity contribution in [3.05, 3.63) is 95.1 Å². The van der Waals surface area contributed by atoms with Crippen molar-refractivity contribution < 1.29 is 9.47 Å². The van der Waals surface area contributed by atoms with Gasteiger partial charge in [-0.25, -0.2) is 0 Å². The second-order valence-electron chi connectivity index (χ2n) is 8.44. The summed E-state index contributed by atoms with van der Waals surface area (Å²) in [4.78, 5) is 0. The van der Waals surface area contributed by atoms with Gasteiger partial charge >= 0.3 is 0 Å². The van der Waals surface area contributed by atoms with Gasteiger partial charge in [0.1, 0.15) is 11.5 Å². The number of rotatable bonds is 10. The third-order valence-electron chi connectivity index (χ3n) is 5.63. The Balaban J connectivity index is 1.70. The molecular formula is C28H35NO2. The van der Waals surface area contributed by atoms with Crippen LogP contribution in [0, 0.1) is 6.92 Å². The number of methoxy groups -OCH3 is 1. The Hall–Kier alpha value is -2.78. The van der Waals surface area contributed by atoms with Crippen LogP contribution < -0.4 is 14.8 Å². The molecule has 3 nitrogen and oxygen atoms in total. The fourth-order valence-corrected chi connectivity index (χ4v) is 3.83. The monoisotopic (exact) mass is 417 g/mol. The van der Waals surface area contributed by atoms with Gasteiger partial charge in [0.2, 0.25) is 0 Å². The lowest BCUT2D eigenvalue weighted by Gasteiger charge is -2.21. The van der Waals surface area contributed by atoms with Crippen molar-refractivity contribution >= 4 is 0 Å². The molecule has 0 heterocycles. The Morgan fingerprint density at radius 3 is 1.77 bits per heavy atom. The highest BCUT2D eigenvalue weighted by Gasteiger charge is 2.15. The van der Waals surface area contributed by atoms with Gasteiger partial charge in [0.25, 0.3) is 0 Å². The van der Waals surface area contributed by atoms with Gasteiger partial charge in [-0.05, 0) is 81.6 Å². The van der Waals surface area contributed by atoms with E-state index >= 15 is 0 Å². The Bertz CT molecular complexity index is 915. The maximum atomic E-state index is 5.83. The minimum atomic E-state index is 0.183. The molecule has 2 atom stereocenters. The fraction of sp³-hybridized carbons (Fsp3) is 0.357. The third-order valence-corrected chi connectivity index (χ3v) is 5.63. The predicted octanol–water partition coefficient (Wildman–Crippen LogP) is 6.66. The molecule has 0 amide bonds. The van der Waals surface area contributed by atoms with E-state index < -0.39 is 0 Å². The lowest BCUT2D eigenvalue weighted by molar-refractivity contribution is 0.242. The zero-order valence-corrected chi connectivity index (χ0v) is 19.4. The van der Waals surface area contributed by atoms with Gasteiger partial charge in [-0.2, -0.15) is 0 Å². The summed E-state index contributed by atoms with van der Waals surface area (Å²) in [6, 6.07) is 26.1. The lowest BCUT2D eigenvalue weighted by Crippen LogP contribution is -2.22. The summed E-state index contributed by atoms with van der Waals surface area (Å²) >= 11 is 0. The van der Waals surface area contributed by atoms with Gasteiger partial charge in [0, 0.05) is 12.0 Å². The summed E-state index contributed by atoms with van der Waals surface area (Å²) in [6.07, 6.45) is 1.20. The summed E-state index contributed by atoms with van der Waals surface area (Å²) in [7, 11) is 1.70. The van der Waals surface area contributed by atoms with E-state index in [9.17, 15) is 0 Å². The van der Waals surface area contributed by atoms with Crippen LogP contribution in [0.25, 0.3) is 0 Å². The Morgan fingerprint density at radius 1 is 0.710 bits per heavy atom. The molecule has 164 valence electrons. The molecule has 0 aromatic heterocycles. The van der Waals surface area contributed by atoms with Crippen LogP contribution in [-0.2, 0) is 0 Å². The smallest absolute Gasteiger partial charge is 0.119 e. The van der Waals surface area contributed by atoms with Gasteiger partial charge < -0.3 is 14.8 Å². The molecule has 0 aliphatic rings. The maximum Gasteiger partial charge on any atom is 0.119 e. The minimum Gasteiger partial charge on any atom is -0.497 e. The fourth-order valence-electron chi connectivity index (χ4n) is 3.83.